The van der Waals surface area contributed by atoms with Gasteiger partial charge in [-0.3, -0.25) is 9.69 Å². The van der Waals surface area contributed by atoms with Crippen molar-refractivity contribution in [1.29, 1.82) is 0 Å². The molecule has 2 atom stereocenters. The standard InChI is InChI=1S/C21H31N5O2S.2ClH/c1-15-4-3-5-16(2)19(15)23-21(28)25-8-6-24(7-9-25)17-12-18(22-13-17)20(27)26-10-11-29-14-26;;/h3-5,17-18,22H,6-14H2,1-2H3,(H,23,28);2*1H/t17-,18-;;/m0../s1. The summed E-state index contributed by atoms with van der Waals surface area (Å²) < 4.78 is 0. The number of carbonyl (C=O) groups is 2. The van der Waals surface area contributed by atoms with Crippen molar-refractivity contribution in [2.75, 3.05) is 56.2 Å². The van der Waals surface area contributed by atoms with Crippen LogP contribution in [0, 0.1) is 13.8 Å². The first-order chi connectivity index (χ1) is 14.0. The summed E-state index contributed by atoms with van der Waals surface area (Å²) in [6, 6.07) is 6.35. The van der Waals surface area contributed by atoms with E-state index in [0.29, 0.717) is 19.1 Å². The highest BCUT2D eigenvalue weighted by atomic mass is 35.5. The van der Waals surface area contributed by atoms with Gasteiger partial charge in [0.05, 0.1) is 11.9 Å². The van der Waals surface area contributed by atoms with Gasteiger partial charge in [0.1, 0.15) is 0 Å². The van der Waals surface area contributed by atoms with E-state index in [1.165, 1.54) is 0 Å². The predicted octanol–water partition coefficient (Wildman–Crippen LogP) is 2.56. The zero-order valence-electron chi connectivity index (χ0n) is 18.1. The zero-order chi connectivity index (χ0) is 20.4. The van der Waals surface area contributed by atoms with E-state index in [-0.39, 0.29) is 42.8 Å². The van der Waals surface area contributed by atoms with E-state index in [0.717, 1.165) is 61.0 Å². The van der Waals surface area contributed by atoms with Gasteiger partial charge in [0.25, 0.3) is 0 Å². The lowest BCUT2D eigenvalue weighted by atomic mass is 10.1. The number of aryl methyl sites for hydroxylation is 2. The second-order valence-electron chi connectivity index (χ2n) is 8.21. The molecular weight excluding hydrogens is 457 g/mol. The number of anilines is 1. The van der Waals surface area contributed by atoms with Crippen molar-refractivity contribution in [2.24, 2.45) is 0 Å². The topological polar surface area (TPSA) is 67.9 Å². The van der Waals surface area contributed by atoms with Gasteiger partial charge in [0, 0.05) is 56.8 Å². The van der Waals surface area contributed by atoms with Crippen LogP contribution in [0.3, 0.4) is 0 Å². The fourth-order valence-electron chi connectivity index (χ4n) is 4.48. The lowest BCUT2D eigenvalue weighted by Gasteiger charge is -2.38. The van der Waals surface area contributed by atoms with Crippen LogP contribution in [-0.4, -0.2) is 89.6 Å². The number of amides is 3. The first-order valence-corrected chi connectivity index (χ1v) is 11.6. The van der Waals surface area contributed by atoms with Crippen molar-refractivity contribution in [2.45, 2.75) is 32.4 Å². The fourth-order valence-corrected chi connectivity index (χ4v) is 5.43. The third-order valence-corrected chi connectivity index (χ3v) is 7.27. The van der Waals surface area contributed by atoms with Gasteiger partial charge in [-0.25, -0.2) is 4.79 Å². The van der Waals surface area contributed by atoms with Crippen LogP contribution in [0.1, 0.15) is 17.5 Å². The maximum atomic E-state index is 12.7. The van der Waals surface area contributed by atoms with Gasteiger partial charge in [0.15, 0.2) is 0 Å². The maximum Gasteiger partial charge on any atom is 0.321 e. The summed E-state index contributed by atoms with van der Waals surface area (Å²) in [5, 5.41) is 6.51. The third kappa shape index (κ3) is 5.99. The molecule has 3 amide bonds. The van der Waals surface area contributed by atoms with Gasteiger partial charge >= 0.3 is 6.03 Å². The predicted molar refractivity (Wildman–Crippen MR) is 132 cm³/mol. The van der Waals surface area contributed by atoms with E-state index in [4.69, 9.17) is 0 Å². The quantitative estimate of drug-likeness (QED) is 0.682. The summed E-state index contributed by atoms with van der Waals surface area (Å²) in [7, 11) is 0. The molecule has 0 radical (unpaired) electrons. The molecule has 1 aromatic carbocycles. The molecule has 0 spiro atoms. The molecule has 4 rings (SSSR count). The minimum Gasteiger partial charge on any atom is -0.331 e. The molecular formula is C21H33Cl2N5O2S. The number of thioether (sulfide) groups is 1. The maximum absolute atomic E-state index is 12.7. The van der Waals surface area contributed by atoms with Crippen LogP contribution in [0.25, 0.3) is 0 Å². The highest BCUT2D eigenvalue weighted by Gasteiger charge is 2.37. The molecule has 0 bridgehead atoms. The number of urea groups is 1. The highest BCUT2D eigenvalue weighted by Crippen LogP contribution is 2.22. The molecule has 0 unspecified atom stereocenters. The zero-order valence-corrected chi connectivity index (χ0v) is 20.6. The molecule has 0 saturated carbocycles. The smallest absolute Gasteiger partial charge is 0.321 e. The Morgan fingerprint density at radius 3 is 2.32 bits per heavy atom. The Morgan fingerprint density at radius 1 is 1.03 bits per heavy atom. The van der Waals surface area contributed by atoms with Crippen LogP contribution >= 0.6 is 36.6 Å². The summed E-state index contributed by atoms with van der Waals surface area (Å²) in [5.74, 6) is 2.13. The average molecular weight is 491 g/mol. The van der Waals surface area contributed by atoms with Gasteiger partial charge in [-0.05, 0) is 31.4 Å². The number of benzene rings is 1. The number of halogens is 2. The minimum absolute atomic E-state index is 0. The van der Waals surface area contributed by atoms with Crippen molar-refractivity contribution in [3.05, 3.63) is 29.3 Å². The number of carbonyl (C=O) groups excluding carboxylic acids is 2. The first-order valence-electron chi connectivity index (χ1n) is 10.5. The molecule has 0 aliphatic carbocycles. The van der Waals surface area contributed by atoms with Crippen LogP contribution in [0.2, 0.25) is 0 Å². The van der Waals surface area contributed by atoms with Gasteiger partial charge in [-0.15, -0.1) is 36.6 Å². The van der Waals surface area contributed by atoms with E-state index in [1.54, 1.807) is 0 Å². The third-order valence-electron chi connectivity index (χ3n) is 6.30. The largest absolute Gasteiger partial charge is 0.331 e. The molecule has 3 saturated heterocycles. The molecule has 1 aromatic rings. The first kappa shape index (κ1) is 26.1. The molecule has 0 aromatic heterocycles. The Morgan fingerprint density at radius 2 is 1.71 bits per heavy atom. The minimum atomic E-state index is -0.0518. The van der Waals surface area contributed by atoms with Crippen LogP contribution in [0.5, 0.6) is 0 Å². The van der Waals surface area contributed by atoms with Crippen molar-refractivity contribution < 1.29 is 9.59 Å². The number of nitrogens with zero attached hydrogens (tertiary/aromatic N) is 3. The number of piperazine rings is 1. The van der Waals surface area contributed by atoms with Crippen molar-refractivity contribution in [3.63, 3.8) is 0 Å². The molecule has 3 fully saturated rings. The lowest BCUT2D eigenvalue weighted by Crippen LogP contribution is -2.53. The van der Waals surface area contributed by atoms with Gasteiger partial charge < -0.3 is 20.4 Å². The summed E-state index contributed by atoms with van der Waals surface area (Å²) in [4.78, 5) is 31.6. The van der Waals surface area contributed by atoms with Crippen LogP contribution in [0.15, 0.2) is 18.2 Å². The van der Waals surface area contributed by atoms with E-state index >= 15 is 0 Å². The van der Waals surface area contributed by atoms with Gasteiger partial charge in [-0.1, -0.05) is 18.2 Å². The molecule has 3 aliphatic heterocycles. The molecule has 3 aliphatic rings. The van der Waals surface area contributed by atoms with Crippen molar-refractivity contribution in [1.82, 2.24) is 20.0 Å². The molecule has 3 heterocycles. The molecule has 2 N–H and O–H groups in total. The highest BCUT2D eigenvalue weighted by molar-refractivity contribution is 7.99. The number of hydrogen-bond donors (Lipinski definition) is 2. The van der Waals surface area contributed by atoms with Crippen LogP contribution < -0.4 is 10.6 Å². The van der Waals surface area contributed by atoms with Crippen LogP contribution in [0.4, 0.5) is 10.5 Å². The Bertz CT molecular complexity index is 750. The van der Waals surface area contributed by atoms with E-state index in [2.05, 4.69) is 15.5 Å². The molecule has 7 nitrogen and oxygen atoms in total. The van der Waals surface area contributed by atoms with E-state index in [9.17, 15) is 9.59 Å². The van der Waals surface area contributed by atoms with E-state index < -0.39 is 0 Å². The van der Waals surface area contributed by atoms with Crippen molar-refractivity contribution >= 4 is 54.2 Å². The Kier molecular flexibility index (Phi) is 9.76. The normalized spacial score (nSPS) is 23.8. The summed E-state index contributed by atoms with van der Waals surface area (Å²) >= 11 is 1.83. The number of hydrogen-bond acceptors (Lipinski definition) is 5. The van der Waals surface area contributed by atoms with E-state index in [1.807, 2.05) is 53.6 Å². The number of para-hydroxylation sites is 1. The Labute approximate surface area is 201 Å². The fraction of sp³-hybridized carbons (Fsp3) is 0.619. The summed E-state index contributed by atoms with van der Waals surface area (Å²) in [6.45, 7) is 8.91. The molecule has 31 heavy (non-hydrogen) atoms. The number of nitrogens with one attached hydrogen (secondary N) is 2. The van der Waals surface area contributed by atoms with Gasteiger partial charge in [0.2, 0.25) is 5.91 Å². The summed E-state index contributed by atoms with van der Waals surface area (Å²) in [5.41, 5.74) is 3.09. The Balaban J connectivity index is 0.00000171. The Hall–Kier alpha value is -1.19. The second kappa shape index (κ2) is 11.6. The monoisotopic (exact) mass is 489 g/mol. The number of rotatable bonds is 3. The van der Waals surface area contributed by atoms with Gasteiger partial charge in [-0.2, -0.15) is 0 Å². The average Bonchev–Trinajstić information content (AvgIpc) is 3.43. The summed E-state index contributed by atoms with van der Waals surface area (Å²) in [6.07, 6.45) is 0.870. The molecule has 10 heteroatoms. The lowest BCUT2D eigenvalue weighted by molar-refractivity contribution is -0.131. The second-order valence-corrected chi connectivity index (χ2v) is 9.28. The van der Waals surface area contributed by atoms with Crippen LogP contribution in [-0.2, 0) is 4.79 Å². The van der Waals surface area contributed by atoms with Crippen molar-refractivity contribution in [3.8, 4) is 0 Å². The molecule has 174 valence electrons. The SMILES string of the molecule is Cc1cccc(C)c1NC(=O)N1CCN([C@@H]2CN[C@H](C(=O)N3CCSC3)C2)CC1.Cl.Cl.